The molecule has 0 saturated carbocycles. The lowest BCUT2D eigenvalue weighted by atomic mass is 9.93. The molecule has 126 valence electrons. The van der Waals surface area contributed by atoms with E-state index in [0.29, 0.717) is 12.3 Å². The Bertz CT molecular complexity index is 674. The molecule has 0 spiro atoms. The van der Waals surface area contributed by atoms with Gasteiger partial charge in [0.2, 0.25) is 5.91 Å². The van der Waals surface area contributed by atoms with Gasteiger partial charge < -0.3 is 10.2 Å². The lowest BCUT2D eigenvalue weighted by molar-refractivity contribution is -0.132. The van der Waals surface area contributed by atoms with E-state index in [2.05, 4.69) is 16.4 Å². The highest BCUT2D eigenvalue weighted by Gasteiger charge is 2.23. The fourth-order valence-electron chi connectivity index (χ4n) is 3.21. The van der Waals surface area contributed by atoms with Gasteiger partial charge in [0.05, 0.1) is 0 Å². The van der Waals surface area contributed by atoms with Gasteiger partial charge in [-0.05, 0) is 49.4 Å². The molecule has 1 N–H and O–H groups in total. The van der Waals surface area contributed by atoms with Gasteiger partial charge in [-0.3, -0.25) is 4.79 Å². The van der Waals surface area contributed by atoms with Crippen LogP contribution in [-0.2, 0) is 11.2 Å². The number of aromatic nitrogens is 2. The fraction of sp³-hybridized carbons (Fsp3) is 0.421. The molecule has 24 heavy (non-hydrogen) atoms. The first-order valence-electron chi connectivity index (χ1n) is 8.66. The predicted octanol–water partition coefficient (Wildman–Crippen LogP) is 3.41. The summed E-state index contributed by atoms with van der Waals surface area (Å²) < 4.78 is 0. The van der Waals surface area contributed by atoms with E-state index in [4.69, 9.17) is 4.98 Å². The summed E-state index contributed by atoms with van der Waals surface area (Å²) in [5.74, 6) is 2.35. The van der Waals surface area contributed by atoms with E-state index in [1.54, 1.807) is 6.20 Å². The molecule has 1 unspecified atom stereocenters. The Morgan fingerprint density at radius 1 is 1.25 bits per heavy atom. The van der Waals surface area contributed by atoms with Gasteiger partial charge >= 0.3 is 0 Å². The molecule has 0 radical (unpaired) electrons. The van der Waals surface area contributed by atoms with Crippen molar-refractivity contribution in [1.29, 1.82) is 0 Å². The van der Waals surface area contributed by atoms with Gasteiger partial charge in [-0.25, -0.2) is 9.97 Å². The Kier molecular flexibility index (Phi) is 5.41. The second-order valence-corrected chi connectivity index (χ2v) is 6.26. The molecule has 5 nitrogen and oxygen atoms in total. The standard InChI is InChI=1S/C19H24N4O/c1-2-19(24)23-12-6-7-15(14-23)13-16-8-5-10-18(21-16)22-17-9-3-4-11-20-17/h3-5,8-11,15H,2,6-7,12-14H2,1H3,(H,20,21,22). The summed E-state index contributed by atoms with van der Waals surface area (Å²) in [7, 11) is 0. The van der Waals surface area contributed by atoms with Gasteiger partial charge in [-0.1, -0.05) is 19.1 Å². The molecule has 1 saturated heterocycles. The minimum Gasteiger partial charge on any atom is -0.342 e. The summed E-state index contributed by atoms with van der Waals surface area (Å²) in [5.41, 5.74) is 1.06. The maximum Gasteiger partial charge on any atom is 0.222 e. The van der Waals surface area contributed by atoms with Crippen LogP contribution in [0.15, 0.2) is 42.6 Å². The minimum atomic E-state index is 0.262. The van der Waals surface area contributed by atoms with Gasteiger partial charge in [0.1, 0.15) is 11.6 Å². The highest BCUT2D eigenvalue weighted by atomic mass is 16.2. The monoisotopic (exact) mass is 324 g/mol. The highest BCUT2D eigenvalue weighted by Crippen LogP contribution is 2.21. The van der Waals surface area contributed by atoms with Crippen LogP contribution < -0.4 is 5.32 Å². The zero-order chi connectivity index (χ0) is 16.8. The topological polar surface area (TPSA) is 58.1 Å². The highest BCUT2D eigenvalue weighted by molar-refractivity contribution is 5.75. The van der Waals surface area contributed by atoms with Crippen molar-refractivity contribution in [3.63, 3.8) is 0 Å². The Morgan fingerprint density at radius 2 is 2.12 bits per heavy atom. The Balaban J connectivity index is 1.63. The Morgan fingerprint density at radius 3 is 2.92 bits per heavy atom. The molecule has 5 heteroatoms. The second kappa shape index (κ2) is 7.90. The largest absolute Gasteiger partial charge is 0.342 e. The van der Waals surface area contributed by atoms with E-state index in [1.807, 2.05) is 42.2 Å². The van der Waals surface area contributed by atoms with Gasteiger partial charge in [0, 0.05) is 31.4 Å². The number of nitrogens with zero attached hydrogens (tertiary/aromatic N) is 3. The first kappa shape index (κ1) is 16.4. The van der Waals surface area contributed by atoms with Gasteiger partial charge in [0.25, 0.3) is 0 Å². The molecule has 2 aromatic heterocycles. The summed E-state index contributed by atoms with van der Waals surface area (Å²) in [6, 6.07) is 11.8. The minimum absolute atomic E-state index is 0.262. The van der Waals surface area contributed by atoms with Crippen LogP contribution in [0.4, 0.5) is 11.6 Å². The van der Waals surface area contributed by atoms with E-state index in [1.165, 1.54) is 0 Å². The lowest BCUT2D eigenvalue weighted by Crippen LogP contribution is -2.40. The normalized spacial score (nSPS) is 17.5. The van der Waals surface area contributed by atoms with Gasteiger partial charge in [0.15, 0.2) is 0 Å². The number of rotatable bonds is 5. The Labute approximate surface area is 143 Å². The molecule has 1 aliphatic heterocycles. The third kappa shape index (κ3) is 4.31. The summed E-state index contributed by atoms with van der Waals surface area (Å²) in [6.07, 6.45) is 5.50. The smallest absolute Gasteiger partial charge is 0.222 e. The van der Waals surface area contributed by atoms with Crippen LogP contribution in [0, 0.1) is 5.92 Å². The van der Waals surface area contributed by atoms with Crippen LogP contribution in [0.1, 0.15) is 31.9 Å². The van der Waals surface area contributed by atoms with Crippen LogP contribution in [0.25, 0.3) is 0 Å². The Hall–Kier alpha value is -2.43. The number of pyridine rings is 2. The summed E-state index contributed by atoms with van der Waals surface area (Å²) >= 11 is 0. The fourth-order valence-corrected chi connectivity index (χ4v) is 3.21. The van der Waals surface area contributed by atoms with Crippen molar-refractivity contribution >= 4 is 17.5 Å². The zero-order valence-corrected chi connectivity index (χ0v) is 14.1. The molecule has 1 aliphatic rings. The predicted molar refractivity (Wildman–Crippen MR) is 95.1 cm³/mol. The molecule has 0 aromatic carbocycles. The van der Waals surface area contributed by atoms with Crippen molar-refractivity contribution in [3.8, 4) is 0 Å². The average Bonchev–Trinajstić information content (AvgIpc) is 2.62. The maximum atomic E-state index is 11.9. The number of carbonyl (C=O) groups is 1. The van der Waals surface area contributed by atoms with E-state index in [-0.39, 0.29) is 5.91 Å². The molecule has 1 amide bonds. The number of nitrogens with one attached hydrogen (secondary N) is 1. The number of anilines is 2. The van der Waals surface area contributed by atoms with Crippen molar-refractivity contribution in [1.82, 2.24) is 14.9 Å². The van der Waals surface area contributed by atoms with Crippen LogP contribution in [-0.4, -0.2) is 33.9 Å². The SMILES string of the molecule is CCC(=O)N1CCCC(Cc2cccc(Nc3ccccn3)n2)C1. The lowest BCUT2D eigenvalue weighted by Gasteiger charge is -2.32. The summed E-state index contributed by atoms with van der Waals surface area (Å²) in [5, 5.41) is 3.23. The second-order valence-electron chi connectivity index (χ2n) is 6.26. The molecule has 0 bridgehead atoms. The molecule has 1 atom stereocenters. The number of amides is 1. The van der Waals surface area contributed by atoms with Crippen LogP contribution >= 0.6 is 0 Å². The van der Waals surface area contributed by atoms with Crippen molar-refractivity contribution in [2.75, 3.05) is 18.4 Å². The quantitative estimate of drug-likeness (QED) is 0.915. The maximum absolute atomic E-state index is 11.9. The molecule has 0 aliphatic carbocycles. The molecular formula is C19H24N4O. The van der Waals surface area contributed by atoms with E-state index in [0.717, 1.165) is 49.7 Å². The molecule has 1 fully saturated rings. The van der Waals surface area contributed by atoms with Gasteiger partial charge in [-0.2, -0.15) is 0 Å². The van der Waals surface area contributed by atoms with E-state index in [9.17, 15) is 4.79 Å². The van der Waals surface area contributed by atoms with Crippen LogP contribution in [0.2, 0.25) is 0 Å². The molecule has 3 heterocycles. The van der Waals surface area contributed by atoms with Crippen molar-refractivity contribution in [2.45, 2.75) is 32.6 Å². The van der Waals surface area contributed by atoms with Crippen LogP contribution in [0.3, 0.4) is 0 Å². The third-order valence-electron chi connectivity index (χ3n) is 4.40. The van der Waals surface area contributed by atoms with Crippen molar-refractivity contribution in [3.05, 3.63) is 48.3 Å². The number of hydrogen-bond donors (Lipinski definition) is 1. The molecule has 2 aromatic rings. The molecular weight excluding hydrogens is 300 g/mol. The van der Waals surface area contributed by atoms with E-state index < -0.39 is 0 Å². The summed E-state index contributed by atoms with van der Waals surface area (Å²) in [6.45, 7) is 3.68. The van der Waals surface area contributed by atoms with Crippen molar-refractivity contribution < 1.29 is 4.79 Å². The van der Waals surface area contributed by atoms with Crippen LogP contribution in [0.5, 0.6) is 0 Å². The average molecular weight is 324 g/mol. The number of carbonyl (C=O) groups excluding carboxylic acids is 1. The number of hydrogen-bond acceptors (Lipinski definition) is 4. The van der Waals surface area contributed by atoms with E-state index >= 15 is 0 Å². The third-order valence-corrected chi connectivity index (χ3v) is 4.40. The number of likely N-dealkylation sites (tertiary alicyclic amines) is 1. The van der Waals surface area contributed by atoms with Gasteiger partial charge in [-0.15, -0.1) is 0 Å². The molecule has 3 rings (SSSR count). The number of piperidine rings is 1. The first-order chi connectivity index (χ1) is 11.7. The first-order valence-corrected chi connectivity index (χ1v) is 8.66. The zero-order valence-electron chi connectivity index (χ0n) is 14.1. The van der Waals surface area contributed by atoms with Crippen molar-refractivity contribution in [2.24, 2.45) is 5.92 Å². The summed E-state index contributed by atoms with van der Waals surface area (Å²) in [4.78, 5) is 22.9.